The van der Waals surface area contributed by atoms with E-state index in [1.807, 2.05) is 30.0 Å². The zero-order chi connectivity index (χ0) is 17.3. The molecule has 2 aromatic heterocycles. The molecule has 0 aliphatic heterocycles. The molecule has 24 heavy (non-hydrogen) atoms. The monoisotopic (exact) mass is 381 g/mol. The Morgan fingerprint density at radius 2 is 2.08 bits per heavy atom. The van der Waals surface area contributed by atoms with E-state index in [-0.39, 0.29) is 4.21 Å². The van der Waals surface area contributed by atoms with Crippen molar-refractivity contribution < 1.29 is 8.42 Å². The highest BCUT2D eigenvalue weighted by Gasteiger charge is 2.19. The number of nitrogens with zero attached hydrogens (tertiary/aromatic N) is 2. The zero-order valence-corrected chi connectivity index (χ0v) is 15.5. The van der Waals surface area contributed by atoms with E-state index >= 15 is 0 Å². The molecule has 126 valence electrons. The average molecular weight is 382 g/mol. The van der Waals surface area contributed by atoms with Crippen LogP contribution in [-0.4, -0.2) is 18.2 Å². The number of sulfonamides is 1. The number of thiophene rings is 1. The van der Waals surface area contributed by atoms with Crippen molar-refractivity contribution in [2.45, 2.75) is 24.6 Å². The maximum atomic E-state index is 12.6. The molecule has 0 radical (unpaired) electrons. The molecule has 0 atom stereocenters. The van der Waals surface area contributed by atoms with Crippen LogP contribution in [0.5, 0.6) is 0 Å². The Morgan fingerprint density at radius 1 is 1.29 bits per heavy atom. The summed E-state index contributed by atoms with van der Waals surface area (Å²) in [6.45, 7) is 4.54. The number of anilines is 1. The maximum absolute atomic E-state index is 12.6. The largest absolute Gasteiger partial charge is 0.279 e. The summed E-state index contributed by atoms with van der Waals surface area (Å²) in [6.07, 6.45) is 1.71. The standard InChI is InChI=1S/C16H16ClN3O2S2/c1-3-20-15(6-7-18-20)12-8-16(23-10-12)24(21,22)19-14-9-13(17)5-4-11(14)2/h4-10,19H,3H2,1-2H3. The highest BCUT2D eigenvalue weighted by atomic mass is 35.5. The van der Waals surface area contributed by atoms with E-state index < -0.39 is 10.0 Å². The van der Waals surface area contributed by atoms with Gasteiger partial charge in [0.1, 0.15) is 4.21 Å². The molecule has 0 saturated heterocycles. The molecule has 8 heteroatoms. The van der Waals surface area contributed by atoms with Gasteiger partial charge < -0.3 is 0 Å². The molecule has 0 saturated carbocycles. The number of hydrogen-bond donors (Lipinski definition) is 1. The maximum Gasteiger partial charge on any atom is 0.271 e. The Morgan fingerprint density at radius 3 is 2.83 bits per heavy atom. The summed E-state index contributed by atoms with van der Waals surface area (Å²) in [5, 5.41) is 6.52. The molecular weight excluding hydrogens is 366 g/mol. The average Bonchev–Trinajstić information content (AvgIpc) is 3.18. The van der Waals surface area contributed by atoms with Gasteiger partial charge in [0.2, 0.25) is 0 Å². The molecule has 0 unspecified atom stereocenters. The Balaban J connectivity index is 1.92. The fourth-order valence-electron chi connectivity index (χ4n) is 2.32. The predicted octanol–water partition coefficient (Wildman–Crippen LogP) is 4.39. The van der Waals surface area contributed by atoms with Gasteiger partial charge in [0.15, 0.2) is 0 Å². The highest BCUT2D eigenvalue weighted by molar-refractivity contribution is 7.94. The van der Waals surface area contributed by atoms with Gasteiger partial charge in [0.05, 0.1) is 11.4 Å². The molecule has 0 bridgehead atoms. The van der Waals surface area contributed by atoms with Gasteiger partial charge in [0.25, 0.3) is 10.0 Å². The lowest BCUT2D eigenvalue weighted by Crippen LogP contribution is -2.12. The molecule has 2 heterocycles. The lowest BCUT2D eigenvalue weighted by atomic mass is 10.2. The summed E-state index contributed by atoms with van der Waals surface area (Å²) in [7, 11) is -3.66. The molecule has 3 rings (SSSR count). The van der Waals surface area contributed by atoms with Crippen molar-refractivity contribution in [3.63, 3.8) is 0 Å². The highest BCUT2D eigenvalue weighted by Crippen LogP contribution is 2.30. The van der Waals surface area contributed by atoms with Gasteiger partial charge in [-0.1, -0.05) is 17.7 Å². The van der Waals surface area contributed by atoms with Gasteiger partial charge >= 0.3 is 0 Å². The van der Waals surface area contributed by atoms with Gasteiger partial charge in [-0.15, -0.1) is 11.3 Å². The third kappa shape index (κ3) is 3.33. The Bertz CT molecular complexity index is 977. The van der Waals surface area contributed by atoms with Crippen LogP contribution in [0, 0.1) is 6.92 Å². The summed E-state index contributed by atoms with van der Waals surface area (Å²) in [6, 6.07) is 8.64. The smallest absolute Gasteiger partial charge is 0.271 e. The van der Waals surface area contributed by atoms with Gasteiger partial charge in [0, 0.05) is 28.7 Å². The van der Waals surface area contributed by atoms with Gasteiger partial charge in [-0.2, -0.15) is 5.10 Å². The van der Waals surface area contributed by atoms with E-state index in [4.69, 9.17) is 11.6 Å². The van der Waals surface area contributed by atoms with E-state index in [1.54, 1.807) is 30.5 Å². The molecule has 1 N–H and O–H groups in total. The van der Waals surface area contributed by atoms with Crippen molar-refractivity contribution in [2.75, 3.05) is 4.72 Å². The van der Waals surface area contributed by atoms with E-state index in [2.05, 4.69) is 9.82 Å². The Hall–Kier alpha value is -1.83. The second-order valence-corrected chi connectivity index (χ2v) is 8.51. The zero-order valence-electron chi connectivity index (χ0n) is 13.2. The first-order valence-corrected chi connectivity index (χ1v) is 10.0. The number of halogens is 1. The minimum Gasteiger partial charge on any atom is -0.279 e. The lowest BCUT2D eigenvalue weighted by molar-refractivity contribution is 0.603. The number of rotatable bonds is 5. The van der Waals surface area contributed by atoms with E-state index in [0.29, 0.717) is 10.7 Å². The van der Waals surface area contributed by atoms with Crippen LogP contribution < -0.4 is 4.72 Å². The molecule has 0 fully saturated rings. The van der Waals surface area contributed by atoms with Gasteiger partial charge in [-0.05, 0) is 43.7 Å². The van der Waals surface area contributed by atoms with Crippen molar-refractivity contribution in [2.24, 2.45) is 0 Å². The van der Waals surface area contributed by atoms with Crippen LogP contribution in [0.15, 0.2) is 46.1 Å². The van der Waals surface area contributed by atoms with E-state index in [1.165, 1.54) is 11.3 Å². The fraction of sp³-hybridized carbons (Fsp3) is 0.188. The third-order valence-corrected chi connectivity index (χ3v) is 6.64. The van der Waals surface area contributed by atoms with Crippen LogP contribution in [0.25, 0.3) is 11.3 Å². The van der Waals surface area contributed by atoms with Crippen LogP contribution in [-0.2, 0) is 16.6 Å². The van der Waals surface area contributed by atoms with Crippen molar-refractivity contribution in [3.8, 4) is 11.3 Å². The van der Waals surface area contributed by atoms with Crippen LogP contribution in [0.4, 0.5) is 5.69 Å². The van der Waals surface area contributed by atoms with Crippen molar-refractivity contribution in [1.29, 1.82) is 0 Å². The molecule has 0 aliphatic carbocycles. The summed E-state index contributed by atoms with van der Waals surface area (Å²) in [5.41, 5.74) is 3.02. The normalized spacial score (nSPS) is 11.6. The quantitative estimate of drug-likeness (QED) is 0.712. The first-order valence-electron chi connectivity index (χ1n) is 7.30. The SMILES string of the molecule is CCn1nccc1-c1csc(S(=O)(=O)Nc2cc(Cl)ccc2C)c1. The molecule has 0 aliphatic rings. The van der Waals surface area contributed by atoms with Crippen molar-refractivity contribution in [1.82, 2.24) is 9.78 Å². The first-order chi connectivity index (χ1) is 11.4. The second kappa shape index (κ2) is 6.58. The number of aryl methyl sites for hydroxylation is 2. The third-order valence-electron chi connectivity index (χ3n) is 3.60. The summed E-state index contributed by atoms with van der Waals surface area (Å²) in [5.74, 6) is 0. The Kier molecular flexibility index (Phi) is 4.67. The Labute approximate surface area is 150 Å². The summed E-state index contributed by atoms with van der Waals surface area (Å²) in [4.78, 5) is 0. The number of nitrogens with one attached hydrogen (secondary N) is 1. The number of benzene rings is 1. The van der Waals surface area contributed by atoms with Gasteiger partial charge in [-0.25, -0.2) is 8.42 Å². The summed E-state index contributed by atoms with van der Waals surface area (Å²) < 4.78 is 30.0. The molecule has 0 spiro atoms. The predicted molar refractivity (Wildman–Crippen MR) is 98.2 cm³/mol. The topological polar surface area (TPSA) is 64.0 Å². The van der Waals surface area contributed by atoms with Crippen LogP contribution in [0.2, 0.25) is 5.02 Å². The van der Waals surface area contributed by atoms with Gasteiger partial charge in [-0.3, -0.25) is 9.40 Å². The first kappa shape index (κ1) is 17.0. The van der Waals surface area contributed by atoms with Crippen LogP contribution in [0.1, 0.15) is 12.5 Å². The van der Waals surface area contributed by atoms with Crippen molar-refractivity contribution >= 4 is 38.6 Å². The number of aromatic nitrogens is 2. The minimum atomic E-state index is -3.66. The molecule has 3 aromatic rings. The van der Waals surface area contributed by atoms with E-state index in [9.17, 15) is 8.42 Å². The molecule has 5 nitrogen and oxygen atoms in total. The van der Waals surface area contributed by atoms with Crippen molar-refractivity contribution in [3.05, 3.63) is 52.5 Å². The molecular formula is C16H16ClN3O2S2. The lowest BCUT2D eigenvalue weighted by Gasteiger charge is -2.09. The minimum absolute atomic E-state index is 0.251. The second-order valence-electron chi connectivity index (χ2n) is 5.25. The van der Waals surface area contributed by atoms with Crippen LogP contribution >= 0.6 is 22.9 Å². The molecule has 0 amide bonds. The number of hydrogen-bond acceptors (Lipinski definition) is 4. The molecule has 1 aromatic carbocycles. The van der Waals surface area contributed by atoms with E-state index in [0.717, 1.165) is 23.4 Å². The van der Waals surface area contributed by atoms with Crippen LogP contribution in [0.3, 0.4) is 0 Å². The summed E-state index contributed by atoms with van der Waals surface area (Å²) >= 11 is 7.13. The fourth-order valence-corrected chi connectivity index (χ4v) is 4.79.